The molecule has 0 saturated heterocycles. The molecule has 0 unspecified atom stereocenters. The van der Waals surface area contributed by atoms with Gasteiger partial charge in [-0.25, -0.2) is 0 Å². The number of aromatic nitrogens is 2. The first-order chi connectivity index (χ1) is 56.6. The second kappa shape index (κ2) is 23.7. The summed E-state index contributed by atoms with van der Waals surface area (Å²) in [6.07, 6.45) is 0. The molecule has 0 radical (unpaired) electrons. The van der Waals surface area contributed by atoms with Crippen LogP contribution in [0.1, 0.15) is 0 Å². The fourth-order valence-corrected chi connectivity index (χ4v) is 22.2. The van der Waals surface area contributed by atoms with Crippen LogP contribution in [0.4, 0.5) is 0 Å². The van der Waals surface area contributed by atoms with Crippen LogP contribution in [0.2, 0.25) is 0 Å². The summed E-state index contributed by atoms with van der Waals surface area (Å²) in [6, 6.07) is 149. The third-order valence-corrected chi connectivity index (χ3v) is 26.7. The lowest BCUT2D eigenvalue weighted by Crippen LogP contribution is -2.63. The van der Waals surface area contributed by atoms with Gasteiger partial charge in [-0.3, -0.25) is 0 Å². The van der Waals surface area contributed by atoms with E-state index >= 15 is 0 Å². The van der Waals surface area contributed by atoms with Gasteiger partial charge in [-0.15, -0.1) is 0 Å². The van der Waals surface area contributed by atoms with Crippen LogP contribution in [0.15, 0.2) is 388 Å². The minimum atomic E-state index is -0.173. The fourth-order valence-electron chi connectivity index (χ4n) is 22.2. The van der Waals surface area contributed by atoms with Crippen molar-refractivity contribution in [2.45, 2.75) is 0 Å². The Morgan fingerprint density at radius 2 is 0.439 bits per heavy atom. The molecule has 0 N–H and O–H groups in total. The van der Waals surface area contributed by atoms with Crippen LogP contribution >= 0.6 is 0 Å². The predicted molar refractivity (Wildman–Crippen MR) is 490 cm³/mol. The van der Waals surface area contributed by atoms with E-state index in [1.54, 1.807) is 0 Å². The van der Waals surface area contributed by atoms with Gasteiger partial charge in [-0.05, 0) is 177 Å². The number of benzene rings is 20. The van der Waals surface area contributed by atoms with E-state index in [2.05, 4.69) is 397 Å². The second-order valence-electron chi connectivity index (χ2n) is 32.2. The van der Waals surface area contributed by atoms with Crippen LogP contribution in [0.25, 0.3) is 176 Å². The van der Waals surface area contributed by atoms with Crippen molar-refractivity contribution in [1.82, 2.24) is 9.13 Å². The molecule has 0 atom stereocenters. The quantitative estimate of drug-likeness (QED) is 0.0902. The summed E-state index contributed by atoms with van der Waals surface area (Å²) in [4.78, 5) is 0. The molecular formula is C108H64B4N2. The minimum Gasteiger partial charge on any atom is -0.311 e. The lowest BCUT2D eigenvalue weighted by Gasteiger charge is -2.36. The molecule has 0 spiro atoms. The number of hydrogen-bond donors (Lipinski definition) is 0. The maximum absolute atomic E-state index is 2.75. The lowest BCUT2D eigenvalue weighted by atomic mass is 9.30. The molecular weight excluding hydrogens is 1370 g/mol. The van der Waals surface area contributed by atoms with Crippen molar-refractivity contribution in [3.63, 3.8) is 0 Å². The number of fused-ring (bicyclic) bond motifs is 6. The van der Waals surface area contributed by atoms with Crippen LogP contribution in [0.3, 0.4) is 0 Å². The Morgan fingerprint density at radius 3 is 0.851 bits per heavy atom. The summed E-state index contributed by atoms with van der Waals surface area (Å²) in [5, 5.41) is 15.7. The highest BCUT2D eigenvalue weighted by atomic mass is 15.0. The number of nitrogens with zero attached hydrogens (tertiary/aromatic N) is 2. The Hall–Kier alpha value is -14.2. The van der Waals surface area contributed by atoms with Gasteiger partial charge in [0.2, 0.25) is 26.9 Å². The Balaban J connectivity index is 0.693. The lowest BCUT2D eigenvalue weighted by molar-refractivity contribution is 1.20. The molecule has 0 fully saturated rings. The van der Waals surface area contributed by atoms with Crippen LogP contribution in [0.5, 0.6) is 0 Å². The number of para-hydroxylation sites is 2. The summed E-state index contributed by atoms with van der Waals surface area (Å²) in [6.45, 7) is -0.297. The van der Waals surface area contributed by atoms with Gasteiger partial charge in [0.25, 0.3) is 0 Å². The van der Waals surface area contributed by atoms with Crippen molar-refractivity contribution >= 4 is 179 Å². The van der Waals surface area contributed by atoms with Gasteiger partial charge in [0.1, 0.15) is 0 Å². The Bertz CT molecular complexity index is 7790. The first-order valence-corrected chi connectivity index (χ1v) is 40.3. The topological polar surface area (TPSA) is 9.86 Å². The predicted octanol–water partition coefficient (Wildman–Crippen LogP) is 18.4. The van der Waals surface area contributed by atoms with E-state index in [-0.39, 0.29) is 26.9 Å². The van der Waals surface area contributed by atoms with Crippen LogP contribution in [0, 0.1) is 0 Å². The first kappa shape index (κ1) is 62.6. The van der Waals surface area contributed by atoms with Crippen LogP contribution < -0.4 is 65.6 Å². The van der Waals surface area contributed by atoms with E-state index in [1.807, 2.05) is 0 Å². The van der Waals surface area contributed by atoms with Crippen LogP contribution in [-0.4, -0.2) is 36.0 Å². The van der Waals surface area contributed by atoms with Gasteiger partial charge in [-0.2, -0.15) is 0 Å². The Labute approximate surface area is 661 Å². The van der Waals surface area contributed by atoms with Gasteiger partial charge in [0, 0.05) is 55.0 Å². The van der Waals surface area contributed by atoms with E-state index in [0.29, 0.717) is 0 Å². The highest BCUT2D eigenvalue weighted by Crippen LogP contribution is 2.49. The van der Waals surface area contributed by atoms with E-state index in [0.717, 1.165) is 0 Å². The maximum atomic E-state index is 2.75. The highest BCUT2D eigenvalue weighted by molar-refractivity contribution is 7.04. The van der Waals surface area contributed by atoms with Crippen molar-refractivity contribution in [3.05, 3.63) is 388 Å². The Morgan fingerprint density at radius 1 is 0.158 bits per heavy atom. The van der Waals surface area contributed by atoms with Crippen molar-refractivity contribution in [2.24, 2.45) is 0 Å². The summed E-state index contributed by atoms with van der Waals surface area (Å²) in [7, 11) is 0. The van der Waals surface area contributed by atoms with Crippen molar-refractivity contribution in [1.29, 1.82) is 0 Å². The maximum Gasteiger partial charge on any atom is 0.248 e. The molecule has 518 valence electrons. The molecule has 6 heterocycles. The molecule has 2 aromatic heterocycles. The van der Waals surface area contributed by atoms with Crippen molar-refractivity contribution in [2.75, 3.05) is 0 Å². The molecule has 6 heteroatoms. The zero-order valence-electron chi connectivity index (χ0n) is 62.2. The zero-order chi connectivity index (χ0) is 74.1. The average molecular weight is 1430 g/mol. The fraction of sp³-hybridized carbons (Fsp3) is 0. The summed E-state index contributed by atoms with van der Waals surface area (Å²) in [5.74, 6) is 0. The third-order valence-electron chi connectivity index (χ3n) is 26.7. The van der Waals surface area contributed by atoms with E-state index < -0.39 is 0 Å². The van der Waals surface area contributed by atoms with Gasteiger partial charge in [0.15, 0.2) is 0 Å². The van der Waals surface area contributed by atoms with E-state index in [4.69, 9.17) is 0 Å². The number of rotatable bonds is 11. The largest absolute Gasteiger partial charge is 0.311 e. The van der Waals surface area contributed by atoms with Gasteiger partial charge >= 0.3 is 0 Å². The third kappa shape index (κ3) is 8.53. The molecule has 4 aliphatic heterocycles. The molecule has 2 nitrogen and oxygen atoms in total. The monoisotopic (exact) mass is 1430 g/mol. The molecule has 0 amide bonds. The average Bonchev–Trinajstić information content (AvgIpc) is 1.49. The van der Waals surface area contributed by atoms with Crippen LogP contribution in [-0.2, 0) is 0 Å². The second-order valence-corrected chi connectivity index (χ2v) is 32.2. The van der Waals surface area contributed by atoms with Crippen molar-refractivity contribution < 1.29 is 0 Å². The van der Waals surface area contributed by atoms with Gasteiger partial charge in [0.05, 0.1) is 0 Å². The van der Waals surface area contributed by atoms with Crippen molar-refractivity contribution in [3.8, 4) is 89.3 Å². The normalized spacial score (nSPS) is 13.0. The smallest absolute Gasteiger partial charge is 0.248 e. The Kier molecular flexibility index (Phi) is 13.0. The minimum absolute atomic E-state index is 0.00373. The van der Waals surface area contributed by atoms with Gasteiger partial charge < -0.3 is 9.13 Å². The molecule has 26 rings (SSSR count). The summed E-state index contributed by atoms with van der Waals surface area (Å²) in [5.41, 5.74) is 41.0. The van der Waals surface area contributed by atoms with Gasteiger partial charge in [-0.1, -0.05) is 398 Å². The van der Waals surface area contributed by atoms with E-state index in [9.17, 15) is 0 Å². The molecule has 4 aliphatic rings. The first-order valence-electron chi connectivity index (χ1n) is 40.3. The molecule has 20 aromatic carbocycles. The molecule has 0 aliphatic carbocycles. The summed E-state index contributed by atoms with van der Waals surface area (Å²) < 4.78 is 5.48. The molecule has 22 aromatic rings. The molecule has 114 heavy (non-hydrogen) atoms. The zero-order valence-corrected chi connectivity index (χ0v) is 62.2. The SMILES string of the molecule is c1ccc(-c2cccc(B3c4cccc5c4-n4c6c3ccc3c7ccc(-c8cccc(-c9cccc(-c%10ccccc%10)c9B9c%10cccc%11c%10-n%10c%12c(ccc%13c%14ccccc%14c%14ccc9c%10c%14c%13%12)B%11c9c(-c%10ccccc%10)cccc9-c9ccccc9)c8)cc7c7ccc(c4c7c36)B5c3cccc(-c4ccccc4)c3)c2)cc1. The summed E-state index contributed by atoms with van der Waals surface area (Å²) >= 11 is 0. The molecule has 0 bridgehead atoms. The standard InChI is InChI=1S/C108H64B4N2/c1-6-25-65(26-7-1)71-36-19-39-75(62-71)109-89-47-23-48-90-103(89)113-105-93(109)57-53-86-83-52-51-73(64-88(83)87-56-58-94(106(113)100(87)99(86)105)110(90)76-40-20-37-72(63-76)66-27-8-2-9-28-66)70-35-18-38-74(61-70)80-46-22-45-79(69-33-14-5-15-34-69)102(80)112-92-50-24-49-91-104(92)114-107-95(59-54-84-81-41-16-17-42-82(81)85-55-60-96(112)108(114)98(85)97(84)107)111(91)101-77(67-29-10-3-11-30-67)43-21-44-78(101)68-31-12-4-13-32-68/h1-64H. The number of hydrogen-bond acceptors (Lipinski definition) is 0. The highest BCUT2D eigenvalue weighted by Gasteiger charge is 2.47. The molecule has 0 saturated carbocycles. The van der Waals surface area contributed by atoms with E-state index in [1.165, 1.54) is 242 Å².